The van der Waals surface area contributed by atoms with Crippen molar-refractivity contribution >= 4 is 18.0 Å². The fraction of sp³-hybridized carbons (Fsp3) is 0.444. The van der Waals surface area contributed by atoms with Crippen LogP contribution in [0.4, 0.5) is 4.79 Å². The van der Waals surface area contributed by atoms with Gasteiger partial charge in [-0.05, 0) is 34.6 Å². The number of carbonyl (C=O) groups excluding carboxylic acids is 2. The van der Waals surface area contributed by atoms with Crippen LogP contribution in [-0.4, -0.2) is 42.3 Å². The minimum atomic E-state index is -1.01. The normalized spacial score (nSPS) is 16.2. The molecule has 1 atom stereocenters. The van der Waals surface area contributed by atoms with Gasteiger partial charge in [0.2, 0.25) is 5.91 Å². The summed E-state index contributed by atoms with van der Waals surface area (Å²) in [5.74, 6) is -1.09. The molecule has 7 nitrogen and oxygen atoms in total. The molecule has 0 saturated heterocycles. The molecule has 0 heterocycles. The highest BCUT2D eigenvalue weighted by atomic mass is 16.5. The molecule has 2 aliphatic carbocycles. The Morgan fingerprint density at radius 3 is 2.18 bits per heavy atom. The number of carbonyl (C=O) groups is 3. The Bertz CT molecular complexity index is 986. The largest absolute Gasteiger partial charge is 0.480 e. The molecule has 0 unspecified atom stereocenters. The third kappa shape index (κ3) is 5.76. The Morgan fingerprint density at radius 2 is 1.56 bits per heavy atom. The van der Waals surface area contributed by atoms with Crippen molar-refractivity contribution < 1.29 is 24.2 Å². The molecule has 0 aromatic heterocycles. The number of rotatable bonds is 9. The van der Waals surface area contributed by atoms with Crippen molar-refractivity contribution in [1.29, 1.82) is 0 Å². The number of carboxylic acid groups (broad SMARTS) is 1. The van der Waals surface area contributed by atoms with E-state index in [0.717, 1.165) is 47.9 Å². The number of alkyl carbamates (subject to hydrolysis) is 1. The summed E-state index contributed by atoms with van der Waals surface area (Å²) in [5.41, 5.74) is 4.58. The first kappa shape index (κ1) is 23.8. The minimum absolute atomic E-state index is 0.00135. The van der Waals surface area contributed by atoms with Crippen LogP contribution >= 0.6 is 0 Å². The molecule has 0 spiro atoms. The molecule has 3 N–H and O–H groups in total. The van der Waals surface area contributed by atoms with Gasteiger partial charge in [0, 0.05) is 18.9 Å². The van der Waals surface area contributed by atoms with Crippen LogP contribution in [0.3, 0.4) is 0 Å². The summed E-state index contributed by atoms with van der Waals surface area (Å²) in [4.78, 5) is 36.1. The van der Waals surface area contributed by atoms with Gasteiger partial charge in [0.05, 0.1) is 0 Å². The molecule has 7 heteroatoms. The van der Waals surface area contributed by atoms with E-state index in [1.54, 1.807) is 0 Å². The average molecular weight is 465 g/mol. The van der Waals surface area contributed by atoms with Crippen LogP contribution in [-0.2, 0) is 14.3 Å². The molecule has 0 radical (unpaired) electrons. The topological polar surface area (TPSA) is 105 Å². The van der Waals surface area contributed by atoms with E-state index in [1.807, 2.05) is 24.3 Å². The van der Waals surface area contributed by atoms with E-state index in [9.17, 15) is 19.5 Å². The van der Waals surface area contributed by atoms with Gasteiger partial charge >= 0.3 is 12.1 Å². The van der Waals surface area contributed by atoms with Gasteiger partial charge in [0.1, 0.15) is 12.6 Å². The number of fused-ring (bicyclic) bond motifs is 3. The van der Waals surface area contributed by atoms with Gasteiger partial charge < -0.3 is 20.5 Å². The molecular weight excluding hydrogens is 432 g/mol. The number of aliphatic carboxylic acids is 1. The standard InChI is InChI=1S/C27H32N2O5/c30-25(29-24(26(31)32)16-18-8-2-1-3-9-18)14-15-28-27(33)34-17-23-21-12-6-4-10-19(21)20-11-5-7-13-22(20)23/h4-7,10-13,18,23-24H,1-3,8-9,14-17H2,(H,28,33)(H,29,30)(H,31,32)/t24-/m1/s1. The van der Waals surface area contributed by atoms with E-state index in [0.29, 0.717) is 12.3 Å². The van der Waals surface area contributed by atoms with Gasteiger partial charge in [-0.3, -0.25) is 4.79 Å². The predicted octanol–water partition coefficient (Wildman–Crippen LogP) is 4.46. The van der Waals surface area contributed by atoms with E-state index in [4.69, 9.17) is 4.74 Å². The Hall–Kier alpha value is -3.35. The van der Waals surface area contributed by atoms with Crippen molar-refractivity contribution in [2.45, 2.75) is 56.9 Å². The second-order valence-corrected chi connectivity index (χ2v) is 9.20. The molecule has 2 aromatic carbocycles. The van der Waals surface area contributed by atoms with E-state index in [-0.39, 0.29) is 31.4 Å². The molecule has 2 amide bonds. The lowest BCUT2D eigenvalue weighted by atomic mass is 9.85. The molecule has 2 aromatic rings. The zero-order valence-electron chi connectivity index (χ0n) is 19.3. The monoisotopic (exact) mass is 464 g/mol. The van der Waals surface area contributed by atoms with Crippen molar-refractivity contribution in [3.8, 4) is 11.1 Å². The highest BCUT2D eigenvalue weighted by Crippen LogP contribution is 2.44. The molecule has 1 saturated carbocycles. The van der Waals surface area contributed by atoms with E-state index >= 15 is 0 Å². The first-order valence-electron chi connectivity index (χ1n) is 12.1. The Labute approximate surface area is 199 Å². The molecule has 0 aliphatic heterocycles. The second kappa shape index (κ2) is 11.2. The summed E-state index contributed by atoms with van der Waals surface area (Å²) < 4.78 is 5.47. The first-order valence-corrected chi connectivity index (χ1v) is 12.1. The SMILES string of the molecule is O=C(CCNC(=O)OCC1c2ccccc2-c2ccccc21)N[C@H](CC1CCCCC1)C(=O)O. The number of nitrogens with one attached hydrogen (secondary N) is 2. The summed E-state index contributed by atoms with van der Waals surface area (Å²) in [6, 6.07) is 15.3. The zero-order chi connectivity index (χ0) is 23.9. The molecule has 180 valence electrons. The minimum Gasteiger partial charge on any atom is -0.480 e. The number of amides is 2. The number of ether oxygens (including phenoxy) is 1. The molecule has 0 bridgehead atoms. The van der Waals surface area contributed by atoms with E-state index < -0.39 is 18.1 Å². The van der Waals surface area contributed by atoms with Crippen LogP contribution in [0.1, 0.15) is 62.0 Å². The van der Waals surface area contributed by atoms with Crippen LogP contribution in [0.25, 0.3) is 11.1 Å². The van der Waals surface area contributed by atoms with Crippen molar-refractivity contribution in [3.05, 3.63) is 59.7 Å². The predicted molar refractivity (Wildman–Crippen MR) is 128 cm³/mol. The summed E-state index contributed by atoms with van der Waals surface area (Å²) in [6.07, 6.45) is 5.34. The summed E-state index contributed by atoms with van der Waals surface area (Å²) in [5, 5.41) is 14.7. The number of carboxylic acids is 1. The zero-order valence-corrected chi connectivity index (χ0v) is 19.3. The molecule has 34 heavy (non-hydrogen) atoms. The van der Waals surface area contributed by atoms with Gasteiger partial charge in [0.25, 0.3) is 0 Å². The summed E-state index contributed by atoms with van der Waals surface area (Å²) in [6.45, 7) is 0.285. The molecule has 2 aliphatic rings. The van der Waals surface area contributed by atoms with Crippen molar-refractivity contribution in [1.82, 2.24) is 10.6 Å². The Balaban J connectivity index is 1.21. The smallest absolute Gasteiger partial charge is 0.407 e. The van der Waals surface area contributed by atoms with Gasteiger partial charge in [-0.25, -0.2) is 9.59 Å². The fourth-order valence-corrected chi connectivity index (χ4v) is 5.17. The highest BCUT2D eigenvalue weighted by Gasteiger charge is 2.29. The van der Waals surface area contributed by atoms with Crippen molar-refractivity contribution in [2.75, 3.05) is 13.2 Å². The quantitative estimate of drug-likeness (QED) is 0.508. The number of benzene rings is 2. The molecule has 4 rings (SSSR count). The third-order valence-corrected chi connectivity index (χ3v) is 6.89. The average Bonchev–Trinajstić information content (AvgIpc) is 3.16. The van der Waals surface area contributed by atoms with Crippen LogP contribution < -0.4 is 10.6 Å². The number of hydrogen-bond acceptors (Lipinski definition) is 4. The second-order valence-electron chi connectivity index (χ2n) is 9.20. The van der Waals surface area contributed by atoms with Gasteiger partial charge in [-0.1, -0.05) is 80.6 Å². The highest BCUT2D eigenvalue weighted by molar-refractivity contribution is 5.84. The van der Waals surface area contributed by atoms with Crippen LogP contribution in [0, 0.1) is 5.92 Å². The lowest BCUT2D eigenvalue weighted by Crippen LogP contribution is -2.43. The summed E-state index contributed by atoms with van der Waals surface area (Å²) in [7, 11) is 0. The molecule has 1 fully saturated rings. The third-order valence-electron chi connectivity index (χ3n) is 6.89. The number of hydrogen-bond donors (Lipinski definition) is 3. The molecular formula is C27H32N2O5. The van der Waals surface area contributed by atoms with Crippen molar-refractivity contribution in [3.63, 3.8) is 0 Å². The Morgan fingerprint density at radius 1 is 0.941 bits per heavy atom. The van der Waals surface area contributed by atoms with Crippen molar-refractivity contribution in [2.24, 2.45) is 5.92 Å². The van der Waals surface area contributed by atoms with Gasteiger partial charge in [0.15, 0.2) is 0 Å². The summed E-state index contributed by atoms with van der Waals surface area (Å²) >= 11 is 0. The lowest BCUT2D eigenvalue weighted by molar-refractivity contribution is -0.142. The Kier molecular flexibility index (Phi) is 7.83. The van der Waals surface area contributed by atoms with E-state index in [2.05, 4.69) is 34.9 Å². The van der Waals surface area contributed by atoms with Crippen LogP contribution in [0.15, 0.2) is 48.5 Å². The first-order chi connectivity index (χ1) is 16.5. The van der Waals surface area contributed by atoms with Crippen LogP contribution in [0.5, 0.6) is 0 Å². The lowest BCUT2D eigenvalue weighted by Gasteiger charge is -2.25. The van der Waals surface area contributed by atoms with Crippen LogP contribution in [0.2, 0.25) is 0 Å². The van der Waals surface area contributed by atoms with Gasteiger partial charge in [-0.2, -0.15) is 0 Å². The fourth-order valence-electron chi connectivity index (χ4n) is 5.17. The maximum absolute atomic E-state index is 12.3. The van der Waals surface area contributed by atoms with Gasteiger partial charge in [-0.15, -0.1) is 0 Å². The van der Waals surface area contributed by atoms with E-state index in [1.165, 1.54) is 6.42 Å². The maximum atomic E-state index is 12.3. The maximum Gasteiger partial charge on any atom is 0.407 e.